The first-order chi connectivity index (χ1) is 11.0. The van der Waals surface area contributed by atoms with Gasteiger partial charge in [-0.3, -0.25) is 4.79 Å². The lowest BCUT2D eigenvalue weighted by molar-refractivity contribution is -0.131. The van der Waals surface area contributed by atoms with E-state index in [0.717, 1.165) is 52.2 Å². The van der Waals surface area contributed by atoms with E-state index in [1.54, 1.807) is 0 Å². The van der Waals surface area contributed by atoms with E-state index in [0.29, 0.717) is 24.2 Å². The fourth-order valence-corrected chi connectivity index (χ4v) is 3.78. The normalized spacial score (nSPS) is 25.3. The number of carbonyl (C=O) groups is 1. The lowest BCUT2D eigenvalue weighted by atomic mass is 9.90. The molecule has 0 aromatic rings. The summed E-state index contributed by atoms with van der Waals surface area (Å²) in [4.78, 5) is 17.1. The minimum absolute atomic E-state index is 0.0323. The highest BCUT2D eigenvalue weighted by molar-refractivity contribution is 5.76. The number of rotatable bonds is 6. The summed E-state index contributed by atoms with van der Waals surface area (Å²) < 4.78 is 5.81. The van der Waals surface area contributed by atoms with Gasteiger partial charge in [0, 0.05) is 45.8 Å². The van der Waals surface area contributed by atoms with Gasteiger partial charge in [-0.05, 0) is 50.9 Å². The van der Waals surface area contributed by atoms with Gasteiger partial charge in [0.1, 0.15) is 0 Å². The SMILES string of the molecule is CC(C)(C)CCC(=O)N1CC2CN(CCCOC(C)(C)C)CC2C1. The van der Waals surface area contributed by atoms with Gasteiger partial charge in [-0.15, -0.1) is 0 Å². The topological polar surface area (TPSA) is 32.8 Å². The molecule has 2 atom stereocenters. The first-order valence-corrected chi connectivity index (χ1v) is 9.68. The number of likely N-dealkylation sites (tertiary alicyclic amines) is 2. The molecule has 0 bridgehead atoms. The van der Waals surface area contributed by atoms with Crippen molar-refractivity contribution in [1.29, 1.82) is 0 Å². The van der Waals surface area contributed by atoms with Crippen molar-refractivity contribution in [2.75, 3.05) is 39.3 Å². The zero-order valence-corrected chi connectivity index (χ0v) is 16.7. The van der Waals surface area contributed by atoms with Gasteiger partial charge in [-0.1, -0.05) is 20.8 Å². The summed E-state index contributed by atoms with van der Waals surface area (Å²) >= 11 is 0. The highest BCUT2D eigenvalue weighted by Gasteiger charge is 2.41. The third-order valence-electron chi connectivity index (χ3n) is 5.16. The Morgan fingerprint density at radius 1 is 1.00 bits per heavy atom. The highest BCUT2D eigenvalue weighted by Crippen LogP contribution is 2.32. The number of hydrogen-bond donors (Lipinski definition) is 0. The van der Waals surface area contributed by atoms with Crippen LogP contribution in [0.1, 0.15) is 60.8 Å². The van der Waals surface area contributed by atoms with Gasteiger partial charge in [-0.2, -0.15) is 0 Å². The molecule has 0 aromatic heterocycles. The maximum Gasteiger partial charge on any atom is 0.222 e. The summed E-state index contributed by atoms with van der Waals surface area (Å²) in [6.07, 6.45) is 2.79. The zero-order chi connectivity index (χ0) is 18.0. The van der Waals surface area contributed by atoms with Crippen LogP contribution in [0.5, 0.6) is 0 Å². The van der Waals surface area contributed by atoms with Crippen molar-refractivity contribution in [2.24, 2.45) is 17.3 Å². The van der Waals surface area contributed by atoms with Crippen LogP contribution in [0.15, 0.2) is 0 Å². The molecule has 0 radical (unpaired) electrons. The Morgan fingerprint density at radius 2 is 1.58 bits per heavy atom. The average Bonchev–Trinajstić information content (AvgIpc) is 2.97. The molecule has 0 saturated carbocycles. The van der Waals surface area contributed by atoms with Gasteiger partial charge >= 0.3 is 0 Å². The number of fused-ring (bicyclic) bond motifs is 1. The molecule has 2 heterocycles. The summed E-state index contributed by atoms with van der Waals surface area (Å²) in [6.45, 7) is 19.2. The Balaban J connectivity index is 1.65. The smallest absolute Gasteiger partial charge is 0.222 e. The predicted molar refractivity (Wildman–Crippen MR) is 99.0 cm³/mol. The van der Waals surface area contributed by atoms with E-state index in [1.807, 2.05) is 0 Å². The van der Waals surface area contributed by atoms with Crippen molar-refractivity contribution in [3.8, 4) is 0 Å². The minimum atomic E-state index is -0.0323. The molecule has 0 N–H and O–H groups in total. The second-order valence-electron chi connectivity index (χ2n) is 9.95. The molecule has 2 aliphatic heterocycles. The van der Waals surface area contributed by atoms with Crippen LogP contribution in [0.4, 0.5) is 0 Å². The van der Waals surface area contributed by atoms with Gasteiger partial charge in [-0.25, -0.2) is 0 Å². The molecule has 1 amide bonds. The molecule has 4 nitrogen and oxygen atoms in total. The fourth-order valence-electron chi connectivity index (χ4n) is 3.78. The van der Waals surface area contributed by atoms with Gasteiger partial charge in [0.25, 0.3) is 0 Å². The van der Waals surface area contributed by atoms with Crippen LogP contribution >= 0.6 is 0 Å². The lowest BCUT2D eigenvalue weighted by Gasteiger charge is -2.24. The van der Waals surface area contributed by atoms with Crippen molar-refractivity contribution in [3.05, 3.63) is 0 Å². The Kier molecular flexibility index (Phi) is 6.35. The van der Waals surface area contributed by atoms with E-state index in [4.69, 9.17) is 4.74 Å². The molecule has 2 saturated heterocycles. The Bertz CT molecular complexity index is 408. The Morgan fingerprint density at radius 3 is 2.08 bits per heavy atom. The standard InChI is InChI=1S/C20H38N2O2/c1-19(2,3)9-8-18(23)22-14-16-12-21(13-17(16)15-22)10-7-11-24-20(4,5)6/h16-17H,7-15H2,1-6H3. The lowest BCUT2D eigenvalue weighted by Crippen LogP contribution is -2.34. The first kappa shape index (κ1) is 19.7. The largest absolute Gasteiger partial charge is 0.376 e. The van der Waals surface area contributed by atoms with E-state index in [-0.39, 0.29) is 11.0 Å². The summed E-state index contributed by atoms with van der Waals surface area (Å²) in [5.74, 6) is 1.74. The molecule has 2 fully saturated rings. The molecule has 2 aliphatic rings. The molecular weight excluding hydrogens is 300 g/mol. The van der Waals surface area contributed by atoms with Crippen molar-refractivity contribution >= 4 is 5.91 Å². The summed E-state index contributed by atoms with van der Waals surface area (Å²) in [6, 6.07) is 0. The second-order valence-corrected chi connectivity index (χ2v) is 9.95. The average molecular weight is 339 g/mol. The summed E-state index contributed by atoms with van der Waals surface area (Å²) in [5.41, 5.74) is 0.215. The number of ether oxygens (including phenoxy) is 1. The molecule has 4 heteroatoms. The van der Waals surface area contributed by atoms with E-state index in [9.17, 15) is 4.79 Å². The second kappa shape index (κ2) is 7.74. The van der Waals surface area contributed by atoms with Crippen LogP contribution in [0.25, 0.3) is 0 Å². The monoisotopic (exact) mass is 338 g/mol. The number of carbonyl (C=O) groups excluding carboxylic acids is 1. The molecule has 2 rings (SSSR count). The van der Waals surface area contributed by atoms with Gasteiger partial charge < -0.3 is 14.5 Å². The van der Waals surface area contributed by atoms with E-state index >= 15 is 0 Å². The van der Waals surface area contributed by atoms with Crippen LogP contribution in [0.3, 0.4) is 0 Å². The van der Waals surface area contributed by atoms with Crippen LogP contribution in [-0.4, -0.2) is 60.6 Å². The summed E-state index contributed by atoms with van der Waals surface area (Å²) in [7, 11) is 0. The maximum atomic E-state index is 12.4. The number of hydrogen-bond acceptors (Lipinski definition) is 3. The van der Waals surface area contributed by atoms with Crippen molar-refractivity contribution in [2.45, 2.75) is 66.4 Å². The predicted octanol–water partition coefficient (Wildman–Crippen LogP) is 3.41. The van der Waals surface area contributed by atoms with Crippen LogP contribution in [-0.2, 0) is 9.53 Å². The van der Waals surface area contributed by atoms with Crippen molar-refractivity contribution < 1.29 is 9.53 Å². The third-order valence-corrected chi connectivity index (χ3v) is 5.16. The number of nitrogens with zero attached hydrogens (tertiary/aromatic N) is 2. The maximum absolute atomic E-state index is 12.4. The molecule has 2 unspecified atom stereocenters. The van der Waals surface area contributed by atoms with Crippen molar-refractivity contribution in [3.63, 3.8) is 0 Å². The quantitative estimate of drug-likeness (QED) is 0.696. The Hall–Kier alpha value is -0.610. The highest BCUT2D eigenvalue weighted by atomic mass is 16.5. The van der Waals surface area contributed by atoms with E-state index in [1.165, 1.54) is 0 Å². The summed E-state index contributed by atoms with van der Waals surface area (Å²) in [5, 5.41) is 0. The van der Waals surface area contributed by atoms with Crippen LogP contribution < -0.4 is 0 Å². The van der Waals surface area contributed by atoms with E-state index in [2.05, 4.69) is 51.3 Å². The molecule has 0 aliphatic carbocycles. The first-order valence-electron chi connectivity index (χ1n) is 9.68. The minimum Gasteiger partial charge on any atom is -0.376 e. The van der Waals surface area contributed by atoms with Crippen LogP contribution in [0, 0.1) is 17.3 Å². The molecular formula is C20H38N2O2. The van der Waals surface area contributed by atoms with E-state index < -0.39 is 0 Å². The molecule has 140 valence electrons. The van der Waals surface area contributed by atoms with Gasteiger partial charge in [0.2, 0.25) is 5.91 Å². The third kappa shape index (κ3) is 6.36. The fraction of sp³-hybridized carbons (Fsp3) is 0.950. The Labute approximate surface area is 148 Å². The molecule has 0 spiro atoms. The van der Waals surface area contributed by atoms with Crippen molar-refractivity contribution in [1.82, 2.24) is 9.80 Å². The van der Waals surface area contributed by atoms with Gasteiger partial charge in [0.15, 0.2) is 0 Å². The molecule has 0 aromatic carbocycles. The number of amides is 1. The zero-order valence-electron chi connectivity index (χ0n) is 16.7. The van der Waals surface area contributed by atoms with Gasteiger partial charge in [0.05, 0.1) is 5.60 Å². The van der Waals surface area contributed by atoms with Crippen LogP contribution in [0.2, 0.25) is 0 Å². The molecule has 24 heavy (non-hydrogen) atoms.